The molecule has 0 atom stereocenters. The number of pyridine rings is 1. The molecule has 1 aromatic carbocycles. The minimum absolute atomic E-state index is 0.118. The van der Waals surface area contributed by atoms with Crippen LogP contribution in [0, 0.1) is 13.8 Å². The lowest BCUT2D eigenvalue weighted by molar-refractivity contribution is 0.103. The van der Waals surface area contributed by atoms with Crippen molar-refractivity contribution in [3.8, 4) is 11.5 Å². The van der Waals surface area contributed by atoms with Gasteiger partial charge >= 0.3 is 0 Å². The van der Waals surface area contributed by atoms with Crippen molar-refractivity contribution in [2.45, 2.75) is 13.8 Å². The van der Waals surface area contributed by atoms with Crippen molar-refractivity contribution in [3.05, 3.63) is 58.7 Å². The number of aryl methyl sites for hydroxylation is 1. The highest BCUT2D eigenvalue weighted by molar-refractivity contribution is 7.17. The standard InChI is InChI=1S/C19H17N5O3S/c1-10-3-6-14(26)11(2)17(10)22-18(27)15-8-20-19(28-15)21-16-7-12-4-5-13(25)9-24(12)23-16/h3-9,25-26H,1-2H3,(H,22,27)(H,20,21,23). The molecule has 0 spiro atoms. The molecular weight excluding hydrogens is 378 g/mol. The summed E-state index contributed by atoms with van der Waals surface area (Å²) in [6, 6.07) is 8.48. The molecule has 0 bridgehead atoms. The number of carbonyl (C=O) groups excluding carboxylic acids is 1. The van der Waals surface area contributed by atoms with Crippen LogP contribution in [0.15, 0.2) is 42.7 Å². The first-order valence-corrected chi connectivity index (χ1v) is 9.24. The first kappa shape index (κ1) is 17.8. The molecule has 1 amide bonds. The summed E-state index contributed by atoms with van der Waals surface area (Å²) in [6.07, 6.45) is 2.98. The van der Waals surface area contributed by atoms with Crippen molar-refractivity contribution >= 4 is 39.4 Å². The van der Waals surface area contributed by atoms with Gasteiger partial charge in [-0.3, -0.25) is 4.79 Å². The molecule has 4 aromatic rings. The fourth-order valence-electron chi connectivity index (χ4n) is 2.79. The van der Waals surface area contributed by atoms with E-state index in [-0.39, 0.29) is 17.4 Å². The van der Waals surface area contributed by atoms with Gasteiger partial charge in [0.1, 0.15) is 16.4 Å². The van der Waals surface area contributed by atoms with E-state index in [1.54, 1.807) is 41.8 Å². The van der Waals surface area contributed by atoms with Crippen LogP contribution >= 0.6 is 11.3 Å². The van der Waals surface area contributed by atoms with E-state index in [1.807, 2.05) is 6.92 Å². The first-order chi connectivity index (χ1) is 13.4. The van der Waals surface area contributed by atoms with Crippen LogP contribution in [0.2, 0.25) is 0 Å². The summed E-state index contributed by atoms with van der Waals surface area (Å²) < 4.78 is 1.55. The van der Waals surface area contributed by atoms with E-state index < -0.39 is 0 Å². The van der Waals surface area contributed by atoms with Crippen molar-refractivity contribution in [1.82, 2.24) is 14.6 Å². The number of carbonyl (C=O) groups is 1. The molecule has 9 heteroatoms. The van der Waals surface area contributed by atoms with Gasteiger partial charge < -0.3 is 20.8 Å². The number of phenols is 1. The highest BCUT2D eigenvalue weighted by Gasteiger charge is 2.15. The average Bonchev–Trinajstić information content (AvgIpc) is 3.28. The van der Waals surface area contributed by atoms with Gasteiger partial charge in [-0.2, -0.15) is 0 Å². The fraction of sp³-hybridized carbons (Fsp3) is 0.105. The van der Waals surface area contributed by atoms with E-state index in [4.69, 9.17) is 0 Å². The Morgan fingerprint density at radius 3 is 2.82 bits per heavy atom. The molecule has 0 aliphatic carbocycles. The minimum atomic E-state index is -0.303. The Balaban J connectivity index is 1.52. The second-order valence-electron chi connectivity index (χ2n) is 6.30. The fourth-order valence-corrected chi connectivity index (χ4v) is 3.51. The van der Waals surface area contributed by atoms with Gasteiger partial charge in [0.2, 0.25) is 0 Å². The van der Waals surface area contributed by atoms with Crippen molar-refractivity contribution in [1.29, 1.82) is 0 Å². The molecule has 3 aromatic heterocycles. The lowest BCUT2D eigenvalue weighted by atomic mass is 10.1. The number of aromatic nitrogens is 3. The second kappa shape index (κ2) is 6.86. The van der Waals surface area contributed by atoms with Crippen LogP contribution in [-0.2, 0) is 0 Å². The SMILES string of the molecule is Cc1ccc(O)c(C)c1NC(=O)c1cnc(Nc2cc3ccc(O)cn3n2)s1. The number of hydrogen-bond donors (Lipinski definition) is 4. The van der Waals surface area contributed by atoms with E-state index in [2.05, 4.69) is 20.7 Å². The van der Waals surface area contributed by atoms with Gasteiger partial charge in [0.25, 0.3) is 5.91 Å². The van der Waals surface area contributed by atoms with E-state index in [1.165, 1.54) is 23.7 Å². The van der Waals surface area contributed by atoms with Crippen LogP contribution in [0.1, 0.15) is 20.8 Å². The maximum atomic E-state index is 12.6. The third-order valence-corrected chi connectivity index (χ3v) is 5.20. The predicted octanol–water partition coefficient (Wildman–Crippen LogP) is 3.81. The number of phenolic OH excluding ortho intramolecular Hbond substituents is 1. The van der Waals surface area contributed by atoms with Crippen LogP contribution in [0.4, 0.5) is 16.6 Å². The van der Waals surface area contributed by atoms with Gasteiger partial charge in [0.05, 0.1) is 23.6 Å². The molecule has 142 valence electrons. The highest BCUT2D eigenvalue weighted by atomic mass is 32.1. The third-order valence-electron chi connectivity index (χ3n) is 4.29. The van der Waals surface area contributed by atoms with Crippen molar-refractivity contribution in [2.75, 3.05) is 10.6 Å². The Labute approximate surface area is 164 Å². The Hall–Kier alpha value is -3.59. The van der Waals surface area contributed by atoms with Crippen LogP contribution in [-0.4, -0.2) is 30.7 Å². The number of thiazole rings is 1. The number of rotatable bonds is 4. The number of amides is 1. The Morgan fingerprint density at radius 2 is 2.00 bits per heavy atom. The Morgan fingerprint density at radius 1 is 1.18 bits per heavy atom. The quantitative estimate of drug-likeness (QED) is 0.418. The van der Waals surface area contributed by atoms with E-state index >= 15 is 0 Å². The monoisotopic (exact) mass is 395 g/mol. The van der Waals surface area contributed by atoms with Gasteiger partial charge in [-0.1, -0.05) is 17.4 Å². The molecule has 0 unspecified atom stereocenters. The van der Waals surface area contributed by atoms with Gasteiger partial charge in [-0.25, -0.2) is 9.50 Å². The molecule has 4 N–H and O–H groups in total. The highest BCUT2D eigenvalue weighted by Crippen LogP contribution is 2.29. The minimum Gasteiger partial charge on any atom is -0.508 e. The lowest BCUT2D eigenvalue weighted by Gasteiger charge is -2.11. The molecule has 0 aliphatic rings. The van der Waals surface area contributed by atoms with Gasteiger partial charge in [0.15, 0.2) is 10.9 Å². The second-order valence-corrected chi connectivity index (χ2v) is 7.33. The zero-order chi connectivity index (χ0) is 19.8. The summed E-state index contributed by atoms with van der Waals surface area (Å²) in [7, 11) is 0. The number of nitrogens with one attached hydrogen (secondary N) is 2. The van der Waals surface area contributed by atoms with Gasteiger partial charge in [-0.15, -0.1) is 5.10 Å². The molecule has 0 radical (unpaired) electrons. The zero-order valence-corrected chi connectivity index (χ0v) is 15.9. The summed E-state index contributed by atoms with van der Waals surface area (Å²) in [6.45, 7) is 3.61. The summed E-state index contributed by atoms with van der Waals surface area (Å²) in [4.78, 5) is 17.2. The van der Waals surface area contributed by atoms with Crippen molar-refractivity contribution in [2.24, 2.45) is 0 Å². The Bertz CT molecular complexity index is 1200. The van der Waals surface area contributed by atoms with Crippen LogP contribution < -0.4 is 10.6 Å². The molecule has 4 rings (SSSR count). The van der Waals surface area contributed by atoms with Crippen LogP contribution in [0.5, 0.6) is 11.5 Å². The van der Waals surface area contributed by atoms with Crippen LogP contribution in [0.3, 0.4) is 0 Å². The Kier molecular flexibility index (Phi) is 4.36. The predicted molar refractivity (Wildman–Crippen MR) is 108 cm³/mol. The molecule has 0 aliphatic heterocycles. The first-order valence-electron chi connectivity index (χ1n) is 8.42. The van der Waals surface area contributed by atoms with E-state index in [0.717, 1.165) is 11.1 Å². The normalized spacial score (nSPS) is 10.9. The molecule has 28 heavy (non-hydrogen) atoms. The summed E-state index contributed by atoms with van der Waals surface area (Å²) >= 11 is 1.19. The summed E-state index contributed by atoms with van der Waals surface area (Å²) in [5.41, 5.74) is 2.88. The lowest BCUT2D eigenvalue weighted by Crippen LogP contribution is -2.12. The van der Waals surface area contributed by atoms with Crippen molar-refractivity contribution in [3.63, 3.8) is 0 Å². The molecule has 8 nitrogen and oxygen atoms in total. The zero-order valence-electron chi connectivity index (χ0n) is 15.1. The van der Waals surface area contributed by atoms with Crippen LogP contribution in [0.25, 0.3) is 5.52 Å². The number of fused-ring (bicyclic) bond motifs is 1. The summed E-state index contributed by atoms with van der Waals surface area (Å²) in [5, 5.41) is 30.1. The van der Waals surface area contributed by atoms with Gasteiger partial charge in [-0.05, 0) is 37.6 Å². The average molecular weight is 395 g/mol. The van der Waals surface area contributed by atoms with E-state index in [0.29, 0.717) is 27.1 Å². The molecule has 0 saturated carbocycles. The molecule has 3 heterocycles. The smallest absolute Gasteiger partial charge is 0.267 e. The maximum absolute atomic E-state index is 12.6. The molecule has 0 fully saturated rings. The summed E-state index contributed by atoms with van der Waals surface area (Å²) in [5.74, 6) is 0.493. The topological polar surface area (TPSA) is 112 Å². The maximum Gasteiger partial charge on any atom is 0.267 e. The largest absolute Gasteiger partial charge is 0.508 e. The van der Waals surface area contributed by atoms with Crippen molar-refractivity contribution < 1.29 is 15.0 Å². The molecular formula is C19H17N5O3S. The number of benzene rings is 1. The number of nitrogens with zero attached hydrogens (tertiary/aromatic N) is 3. The number of hydrogen-bond acceptors (Lipinski definition) is 7. The van der Waals surface area contributed by atoms with E-state index in [9.17, 15) is 15.0 Å². The number of aromatic hydroxyl groups is 2. The molecule has 0 saturated heterocycles. The van der Waals surface area contributed by atoms with Gasteiger partial charge in [0, 0.05) is 11.6 Å². The third kappa shape index (κ3) is 3.35. The number of anilines is 3.